The molecule has 3 aromatic heterocycles. The van der Waals surface area contributed by atoms with Crippen LogP contribution >= 0.6 is 23.7 Å². The fraction of sp³-hybridized carbons (Fsp3) is 0.467. The lowest BCUT2D eigenvalue weighted by Crippen LogP contribution is -2.16. The van der Waals surface area contributed by atoms with Crippen LogP contribution in [0.4, 0.5) is 5.82 Å². The third-order valence-corrected chi connectivity index (χ3v) is 4.83. The second kappa shape index (κ2) is 7.42. The van der Waals surface area contributed by atoms with Crippen molar-refractivity contribution in [3.63, 3.8) is 0 Å². The SMILES string of the molecule is Cc1nn2cc(CCNc3ncnc4c3CCNCC4)nc2s1.Cl. The minimum absolute atomic E-state index is 0. The molecule has 0 aromatic carbocycles. The lowest BCUT2D eigenvalue weighted by atomic mass is 10.1. The summed E-state index contributed by atoms with van der Waals surface area (Å²) in [5.41, 5.74) is 3.47. The molecule has 9 heteroatoms. The van der Waals surface area contributed by atoms with Crippen LogP contribution < -0.4 is 10.6 Å². The van der Waals surface area contributed by atoms with E-state index in [9.17, 15) is 0 Å². The highest BCUT2D eigenvalue weighted by Crippen LogP contribution is 2.18. The first kappa shape index (κ1) is 17.1. The van der Waals surface area contributed by atoms with E-state index in [-0.39, 0.29) is 12.4 Å². The van der Waals surface area contributed by atoms with Gasteiger partial charge in [-0.25, -0.2) is 19.5 Å². The molecular weight excluding hydrogens is 346 g/mol. The Labute approximate surface area is 150 Å². The van der Waals surface area contributed by atoms with E-state index in [1.807, 2.05) is 17.6 Å². The lowest BCUT2D eigenvalue weighted by molar-refractivity contribution is 0.708. The van der Waals surface area contributed by atoms with Gasteiger partial charge in [0.2, 0.25) is 4.96 Å². The molecule has 0 amide bonds. The number of aromatic nitrogens is 5. The molecule has 0 saturated heterocycles. The van der Waals surface area contributed by atoms with Crippen LogP contribution in [0.1, 0.15) is 22.0 Å². The number of fused-ring (bicyclic) bond motifs is 2. The van der Waals surface area contributed by atoms with Crippen molar-refractivity contribution >= 4 is 34.5 Å². The van der Waals surface area contributed by atoms with E-state index >= 15 is 0 Å². The number of anilines is 1. The van der Waals surface area contributed by atoms with Gasteiger partial charge in [0.25, 0.3) is 0 Å². The second-order valence-corrected chi connectivity index (χ2v) is 6.81. The number of hydrogen-bond donors (Lipinski definition) is 2. The summed E-state index contributed by atoms with van der Waals surface area (Å²) in [5.74, 6) is 0.966. The number of hydrogen-bond acceptors (Lipinski definition) is 7. The molecule has 4 rings (SSSR count). The number of aryl methyl sites for hydroxylation is 1. The molecule has 1 aliphatic rings. The van der Waals surface area contributed by atoms with Crippen LogP contribution in [0.3, 0.4) is 0 Å². The van der Waals surface area contributed by atoms with Crippen molar-refractivity contribution in [3.8, 4) is 0 Å². The number of halogens is 1. The molecule has 0 unspecified atom stereocenters. The van der Waals surface area contributed by atoms with E-state index in [1.165, 1.54) is 5.56 Å². The second-order valence-electron chi connectivity index (χ2n) is 5.65. The Morgan fingerprint density at radius 2 is 2.17 bits per heavy atom. The normalized spacial score (nSPS) is 14.0. The van der Waals surface area contributed by atoms with E-state index in [0.717, 1.165) is 66.1 Å². The molecule has 0 spiro atoms. The Bertz CT molecular complexity index is 797. The molecule has 0 saturated carbocycles. The van der Waals surface area contributed by atoms with E-state index in [4.69, 9.17) is 0 Å². The summed E-state index contributed by atoms with van der Waals surface area (Å²) in [7, 11) is 0. The smallest absolute Gasteiger partial charge is 0.212 e. The molecule has 7 nitrogen and oxygen atoms in total. The standard InChI is InChI=1S/C15H19N7S.ClH/c1-10-21-22-8-11(20-15(22)23-10)2-7-17-14-12-3-5-16-6-4-13(12)18-9-19-14;/h8-9,16H,2-7H2,1H3,(H,17,18,19);1H. The predicted octanol–water partition coefficient (Wildman–Crippen LogP) is 1.65. The van der Waals surface area contributed by atoms with Gasteiger partial charge in [-0.1, -0.05) is 11.3 Å². The average molecular weight is 366 g/mol. The lowest BCUT2D eigenvalue weighted by Gasteiger charge is -2.11. The summed E-state index contributed by atoms with van der Waals surface area (Å²) in [6.07, 6.45) is 6.46. The molecule has 0 bridgehead atoms. The van der Waals surface area contributed by atoms with Crippen LogP contribution in [0, 0.1) is 6.92 Å². The Morgan fingerprint density at radius 1 is 1.29 bits per heavy atom. The summed E-state index contributed by atoms with van der Waals surface area (Å²) < 4.78 is 1.86. The molecule has 0 aliphatic carbocycles. The zero-order chi connectivity index (χ0) is 15.6. The van der Waals surface area contributed by atoms with Crippen LogP contribution in [0.5, 0.6) is 0 Å². The number of nitrogens with one attached hydrogen (secondary N) is 2. The summed E-state index contributed by atoms with van der Waals surface area (Å²) in [5, 5.41) is 12.3. The summed E-state index contributed by atoms with van der Waals surface area (Å²) in [6.45, 7) is 4.77. The van der Waals surface area contributed by atoms with Crippen LogP contribution in [0.2, 0.25) is 0 Å². The van der Waals surface area contributed by atoms with Gasteiger partial charge in [-0.15, -0.1) is 12.4 Å². The molecule has 0 radical (unpaired) electrons. The maximum Gasteiger partial charge on any atom is 0.212 e. The summed E-state index contributed by atoms with van der Waals surface area (Å²) in [4.78, 5) is 14.4. The van der Waals surface area contributed by atoms with Gasteiger partial charge in [0.15, 0.2) is 0 Å². The van der Waals surface area contributed by atoms with Crippen LogP contribution in [-0.2, 0) is 19.3 Å². The van der Waals surface area contributed by atoms with Gasteiger partial charge in [-0.2, -0.15) is 5.10 Å². The van der Waals surface area contributed by atoms with E-state index in [2.05, 4.69) is 30.7 Å². The number of nitrogens with zero attached hydrogens (tertiary/aromatic N) is 5. The third kappa shape index (κ3) is 3.50. The molecular formula is C15H20ClN7S. The van der Waals surface area contributed by atoms with Crippen molar-refractivity contribution in [1.82, 2.24) is 29.9 Å². The van der Waals surface area contributed by atoms with Crippen molar-refractivity contribution < 1.29 is 0 Å². The Hall–Kier alpha value is -1.77. The Kier molecular flexibility index (Phi) is 5.27. The van der Waals surface area contributed by atoms with Gasteiger partial charge in [0.1, 0.15) is 17.2 Å². The zero-order valence-corrected chi connectivity index (χ0v) is 15.1. The molecule has 0 fully saturated rings. The topological polar surface area (TPSA) is 80.0 Å². The highest BCUT2D eigenvalue weighted by molar-refractivity contribution is 7.16. The molecule has 1 aliphatic heterocycles. The van der Waals surface area contributed by atoms with Crippen molar-refractivity contribution in [2.24, 2.45) is 0 Å². The molecule has 4 heterocycles. The quantitative estimate of drug-likeness (QED) is 0.731. The minimum Gasteiger partial charge on any atom is -0.369 e. The van der Waals surface area contributed by atoms with Crippen LogP contribution in [0.25, 0.3) is 4.96 Å². The van der Waals surface area contributed by atoms with E-state index in [0.29, 0.717) is 0 Å². The summed E-state index contributed by atoms with van der Waals surface area (Å²) in [6, 6.07) is 0. The van der Waals surface area contributed by atoms with Gasteiger partial charge >= 0.3 is 0 Å². The first-order valence-corrected chi connectivity index (χ1v) is 8.70. The summed E-state index contributed by atoms with van der Waals surface area (Å²) >= 11 is 1.62. The van der Waals surface area contributed by atoms with Gasteiger partial charge in [-0.05, 0) is 19.9 Å². The first-order chi connectivity index (χ1) is 11.3. The third-order valence-electron chi connectivity index (χ3n) is 3.99. The number of imidazole rings is 1. The van der Waals surface area contributed by atoms with Crippen molar-refractivity contribution in [1.29, 1.82) is 0 Å². The molecule has 24 heavy (non-hydrogen) atoms. The van der Waals surface area contributed by atoms with Crippen molar-refractivity contribution in [2.45, 2.75) is 26.2 Å². The largest absolute Gasteiger partial charge is 0.369 e. The fourth-order valence-corrected chi connectivity index (χ4v) is 3.64. The van der Waals surface area contributed by atoms with Gasteiger partial charge in [0.05, 0.1) is 17.6 Å². The average Bonchev–Trinajstić information content (AvgIpc) is 2.94. The molecule has 2 N–H and O–H groups in total. The van der Waals surface area contributed by atoms with Crippen molar-refractivity contribution in [2.75, 3.05) is 25.0 Å². The Morgan fingerprint density at radius 3 is 3.04 bits per heavy atom. The van der Waals surface area contributed by atoms with Crippen LogP contribution in [0.15, 0.2) is 12.5 Å². The highest BCUT2D eigenvalue weighted by atomic mass is 35.5. The first-order valence-electron chi connectivity index (χ1n) is 7.88. The van der Waals surface area contributed by atoms with Crippen molar-refractivity contribution in [3.05, 3.63) is 34.5 Å². The predicted molar refractivity (Wildman–Crippen MR) is 97.4 cm³/mol. The Balaban J connectivity index is 0.00000169. The monoisotopic (exact) mass is 365 g/mol. The molecule has 0 atom stereocenters. The van der Waals surface area contributed by atoms with Gasteiger partial charge < -0.3 is 10.6 Å². The molecule has 3 aromatic rings. The maximum absolute atomic E-state index is 4.60. The molecule has 128 valence electrons. The number of rotatable bonds is 4. The highest BCUT2D eigenvalue weighted by Gasteiger charge is 2.14. The van der Waals surface area contributed by atoms with Gasteiger partial charge in [-0.3, -0.25) is 0 Å². The van der Waals surface area contributed by atoms with Gasteiger partial charge in [0, 0.05) is 31.5 Å². The van der Waals surface area contributed by atoms with E-state index in [1.54, 1.807) is 17.7 Å². The maximum atomic E-state index is 4.60. The minimum atomic E-state index is 0. The fourth-order valence-electron chi connectivity index (χ4n) is 2.90. The van der Waals surface area contributed by atoms with E-state index < -0.39 is 0 Å². The zero-order valence-electron chi connectivity index (χ0n) is 13.4. The van der Waals surface area contributed by atoms with Crippen LogP contribution in [-0.4, -0.2) is 44.2 Å².